The van der Waals surface area contributed by atoms with E-state index in [9.17, 15) is 4.79 Å². The minimum absolute atomic E-state index is 0.0187. The number of benzene rings is 1. The van der Waals surface area contributed by atoms with Crippen molar-refractivity contribution in [3.63, 3.8) is 0 Å². The van der Waals surface area contributed by atoms with Gasteiger partial charge in [-0.25, -0.2) is 0 Å². The number of amides is 1. The molecule has 1 heterocycles. The van der Waals surface area contributed by atoms with Gasteiger partial charge < -0.3 is 4.90 Å². The molecule has 0 saturated carbocycles. The zero-order chi connectivity index (χ0) is 14.0. The summed E-state index contributed by atoms with van der Waals surface area (Å²) in [4.78, 5) is 14.4. The maximum atomic E-state index is 12.4. The number of nitrogens with zero attached hydrogens (tertiary/aromatic N) is 1. The molecular formula is C16H24N2O. The van der Waals surface area contributed by atoms with E-state index in [0.717, 1.165) is 12.8 Å². The van der Waals surface area contributed by atoms with Crippen molar-refractivity contribution in [2.24, 2.45) is 0 Å². The molecule has 0 bridgehead atoms. The lowest BCUT2D eigenvalue weighted by atomic mass is 10.0. The molecule has 1 amide bonds. The number of hydrogen-bond donors (Lipinski definition) is 1. The molecule has 1 aromatic carbocycles. The molecule has 19 heavy (non-hydrogen) atoms. The molecule has 1 aliphatic heterocycles. The summed E-state index contributed by atoms with van der Waals surface area (Å²) in [7, 11) is 0. The van der Waals surface area contributed by atoms with Crippen LogP contribution in [0.1, 0.15) is 50.9 Å². The molecule has 0 aromatic heterocycles. The molecule has 0 radical (unpaired) electrons. The molecule has 1 fully saturated rings. The molecule has 1 aliphatic rings. The highest BCUT2D eigenvalue weighted by Crippen LogP contribution is 2.30. The molecule has 3 atom stereocenters. The number of carbonyl (C=O) groups excluding carboxylic acids is 1. The molecule has 104 valence electrons. The second-order valence-corrected chi connectivity index (χ2v) is 5.53. The number of aryl methyl sites for hydroxylation is 1. The van der Waals surface area contributed by atoms with Crippen LogP contribution in [0, 0.1) is 6.92 Å². The standard InChI is InChI=1S/C16H24N2O/c1-5-8-12(3)18-15(17-13(4)16(18)19)14-10-7-6-9-11(14)2/h6-7,9-10,12-13,15,17H,5,8H2,1-4H3. The fraction of sp³-hybridized carbons (Fsp3) is 0.562. The van der Waals surface area contributed by atoms with Gasteiger partial charge in [0.05, 0.1) is 6.04 Å². The third-order valence-corrected chi connectivity index (χ3v) is 3.98. The van der Waals surface area contributed by atoms with Crippen LogP contribution in [0.2, 0.25) is 0 Å². The number of rotatable bonds is 4. The van der Waals surface area contributed by atoms with E-state index in [0.29, 0.717) is 0 Å². The minimum atomic E-state index is -0.0936. The van der Waals surface area contributed by atoms with E-state index in [2.05, 4.69) is 38.2 Å². The van der Waals surface area contributed by atoms with Crippen LogP contribution >= 0.6 is 0 Å². The summed E-state index contributed by atoms with van der Waals surface area (Å²) < 4.78 is 0. The quantitative estimate of drug-likeness (QED) is 0.902. The van der Waals surface area contributed by atoms with E-state index < -0.39 is 0 Å². The first kappa shape index (κ1) is 14.1. The Labute approximate surface area is 116 Å². The predicted octanol–water partition coefficient (Wildman–Crippen LogP) is 3.00. The second-order valence-electron chi connectivity index (χ2n) is 5.53. The van der Waals surface area contributed by atoms with Crippen molar-refractivity contribution in [1.82, 2.24) is 10.2 Å². The largest absolute Gasteiger partial charge is 0.319 e. The summed E-state index contributed by atoms with van der Waals surface area (Å²) in [6, 6.07) is 8.49. The Balaban J connectivity index is 2.32. The number of hydrogen-bond acceptors (Lipinski definition) is 2. The van der Waals surface area contributed by atoms with Crippen molar-refractivity contribution in [1.29, 1.82) is 0 Å². The zero-order valence-electron chi connectivity index (χ0n) is 12.3. The fourth-order valence-corrected chi connectivity index (χ4v) is 2.90. The van der Waals surface area contributed by atoms with Gasteiger partial charge in [0.1, 0.15) is 6.17 Å². The molecule has 1 saturated heterocycles. The van der Waals surface area contributed by atoms with Gasteiger partial charge in [0.2, 0.25) is 5.91 Å². The van der Waals surface area contributed by atoms with Crippen molar-refractivity contribution < 1.29 is 4.79 Å². The van der Waals surface area contributed by atoms with Crippen LogP contribution < -0.4 is 5.32 Å². The van der Waals surface area contributed by atoms with E-state index in [1.165, 1.54) is 11.1 Å². The van der Waals surface area contributed by atoms with Gasteiger partial charge in [-0.15, -0.1) is 0 Å². The van der Waals surface area contributed by atoms with Gasteiger partial charge in [-0.1, -0.05) is 37.6 Å². The number of nitrogens with one attached hydrogen (secondary N) is 1. The van der Waals surface area contributed by atoms with Crippen molar-refractivity contribution in [2.75, 3.05) is 0 Å². The molecular weight excluding hydrogens is 236 g/mol. The molecule has 1 N–H and O–H groups in total. The van der Waals surface area contributed by atoms with Gasteiger partial charge in [-0.3, -0.25) is 10.1 Å². The second kappa shape index (κ2) is 5.74. The Kier molecular flexibility index (Phi) is 4.25. The van der Waals surface area contributed by atoms with Crippen molar-refractivity contribution >= 4 is 5.91 Å². The molecule has 1 aromatic rings. The molecule has 3 unspecified atom stereocenters. The average molecular weight is 260 g/mol. The summed E-state index contributed by atoms with van der Waals surface area (Å²) in [5, 5.41) is 3.43. The summed E-state index contributed by atoms with van der Waals surface area (Å²) >= 11 is 0. The third kappa shape index (κ3) is 2.66. The van der Waals surface area contributed by atoms with E-state index in [-0.39, 0.29) is 24.2 Å². The highest BCUT2D eigenvalue weighted by molar-refractivity contribution is 5.84. The van der Waals surface area contributed by atoms with Crippen LogP contribution in [0.15, 0.2) is 24.3 Å². The lowest BCUT2D eigenvalue weighted by Gasteiger charge is -2.31. The highest BCUT2D eigenvalue weighted by atomic mass is 16.2. The van der Waals surface area contributed by atoms with Crippen molar-refractivity contribution in [2.45, 2.75) is 58.8 Å². The summed E-state index contributed by atoms with van der Waals surface area (Å²) in [5.74, 6) is 0.217. The lowest BCUT2D eigenvalue weighted by molar-refractivity contribution is -0.131. The first-order chi connectivity index (χ1) is 9.06. The SMILES string of the molecule is CCCC(C)N1C(=O)C(C)NC1c1ccccc1C. The van der Waals surface area contributed by atoms with Crippen LogP contribution in [0.25, 0.3) is 0 Å². The maximum Gasteiger partial charge on any atom is 0.241 e. The van der Waals surface area contributed by atoms with E-state index in [4.69, 9.17) is 0 Å². The predicted molar refractivity (Wildman–Crippen MR) is 77.7 cm³/mol. The monoisotopic (exact) mass is 260 g/mol. The maximum absolute atomic E-state index is 12.4. The molecule has 0 spiro atoms. The molecule has 3 heteroatoms. The lowest BCUT2D eigenvalue weighted by Crippen LogP contribution is -2.38. The van der Waals surface area contributed by atoms with Crippen LogP contribution in [0.5, 0.6) is 0 Å². The Morgan fingerprint density at radius 1 is 1.37 bits per heavy atom. The summed E-state index contributed by atoms with van der Waals surface area (Å²) in [6.07, 6.45) is 2.16. The van der Waals surface area contributed by atoms with Crippen LogP contribution in [0.3, 0.4) is 0 Å². The third-order valence-electron chi connectivity index (χ3n) is 3.98. The van der Waals surface area contributed by atoms with Gasteiger partial charge in [-0.05, 0) is 38.3 Å². The van der Waals surface area contributed by atoms with Gasteiger partial charge in [-0.2, -0.15) is 0 Å². The Bertz CT molecular complexity index is 458. The Morgan fingerprint density at radius 3 is 2.68 bits per heavy atom. The Morgan fingerprint density at radius 2 is 2.05 bits per heavy atom. The van der Waals surface area contributed by atoms with Crippen LogP contribution in [0.4, 0.5) is 0 Å². The van der Waals surface area contributed by atoms with Gasteiger partial charge in [0.25, 0.3) is 0 Å². The summed E-state index contributed by atoms with van der Waals surface area (Å²) in [5.41, 5.74) is 2.44. The fourth-order valence-electron chi connectivity index (χ4n) is 2.90. The normalized spacial score (nSPS) is 24.8. The smallest absolute Gasteiger partial charge is 0.241 e. The topological polar surface area (TPSA) is 32.3 Å². The zero-order valence-corrected chi connectivity index (χ0v) is 12.3. The van der Waals surface area contributed by atoms with E-state index >= 15 is 0 Å². The number of carbonyl (C=O) groups is 1. The van der Waals surface area contributed by atoms with E-state index in [1.54, 1.807) is 0 Å². The first-order valence-corrected chi connectivity index (χ1v) is 7.20. The molecule has 0 aliphatic carbocycles. The van der Waals surface area contributed by atoms with Crippen molar-refractivity contribution in [3.8, 4) is 0 Å². The minimum Gasteiger partial charge on any atom is -0.319 e. The Hall–Kier alpha value is -1.35. The highest BCUT2D eigenvalue weighted by Gasteiger charge is 2.39. The average Bonchev–Trinajstić information content (AvgIpc) is 2.66. The molecule has 2 rings (SSSR count). The van der Waals surface area contributed by atoms with Gasteiger partial charge >= 0.3 is 0 Å². The first-order valence-electron chi connectivity index (χ1n) is 7.20. The van der Waals surface area contributed by atoms with Crippen LogP contribution in [-0.2, 0) is 4.79 Å². The molecule has 3 nitrogen and oxygen atoms in total. The van der Waals surface area contributed by atoms with Crippen LogP contribution in [-0.4, -0.2) is 22.9 Å². The van der Waals surface area contributed by atoms with E-state index in [1.807, 2.05) is 24.0 Å². The van der Waals surface area contributed by atoms with Gasteiger partial charge in [0, 0.05) is 6.04 Å². The van der Waals surface area contributed by atoms with Crippen molar-refractivity contribution in [3.05, 3.63) is 35.4 Å². The summed E-state index contributed by atoms with van der Waals surface area (Å²) in [6.45, 7) is 8.36. The van der Waals surface area contributed by atoms with Gasteiger partial charge in [0.15, 0.2) is 0 Å².